The summed E-state index contributed by atoms with van der Waals surface area (Å²) in [6, 6.07) is 17.0. The topological polar surface area (TPSA) is 43.1 Å². The molecule has 2 aromatic carbocycles. The minimum Gasteiger partial charge on any atom is -0.398 e. The molecular weight excluding hydrogens is 250 g/mol. The number of hydrogen-bond donors (Lipinski definition) is 1. The van der Waals surface area contributed by atoms with Crippen molar-refractivity contribution < 1.29 is 4.79 Å². The monoisotopic (exact) mass is 261 g/mol. The van der Waals surface area contributed by atoms with E-state index in [1.165, 1.54) is 11.8 Å². The Kier molecular flexibility index (Phi) is 4.12. The lowest BCUT2D eigenvalue weighted by atomic mass is 10.3. The van der Waals surface area contributed by atoms with Gasteiger partial charge >= 0.3 is 0 Å². The van der Waals surface area contributed by atoms with Crippen molar-refractivity contribution in [3.8, 4) is 0 Å². The molecule has 0 atom stereocenters. The first-order chi connectivity index (χ1) is 8.25. The van der Waals surface area contributed by atoms with E-state index in [2.05, 4.69) is 0 Å². The summed E-state index contributed by atoms with van der Waals surface area (Å²) in [5.74, 6) is 0. The summed E-state index contributed by atoms with van der Waals surface area (Å²) in [4.78, 5) is 13.6. The summed E-state index contributed by atoms with van der Waals surface area (Å²) in [7, 11) is 0. The van der Waals surface area contributed by atoms with E-state index >= 15 is 0 Å². The Morgan fingerprint density at radius 2 is 1.53 bits per heavy atom. The van der Waals surface area contributed by atoms with Gasteiger partial charge in [0.2, 0.25) is 0 Å². The van der Waals surface area contributed by atoms with Crippen LogP contribution in [0.3, 0.4) is 0 Å². The van der Waals surface area contributed by atoms with Gasteiger partial charge in [0.25, 0.3) is 4.45 Å². The molecule has 17 heavy (non-hydrogen) atoms. The molecular formula is C13H11NOS2. The number of nitrogens with two attached hydrogens (primary N) is 1. The highest BCUT2D eigenvalue weighted by Gasteiger charge is 2.08. The van der Waals surface area contributed by atoms with Gasteiger partial charge < -0.3 is 5.73 Å². The molecule has 0 fully saturated rings. The van der Waals surface area contributed by atoms with E-state index in [0.29, 0.717) is 5.69 Å². The highest BCUT2D eigenvalue weighted by atomic mass is 32.2. The van der Waals surface area contributed by atoms with Crippen LogP contribution in [0.4, 0.5) is 10.5 Å². The number of hydrogen-bond acceptors (Lipinski definition) is 4. The number of nitrogen functional groups attached to an aromatic ring is 1. The van der Waals surface area contributed by atoms with Crippen molar-refractivity contribution in [1.82, 2.24) is 0 Å². The lowest BCUT2D eigenvalue weighted by Crippen LogP contribution is -1.89. The normalized spacial score (nSPS) is 10.1. The van der Waals surface area contributed by atoms with Crippen LogP contribution in [0.15, 0.2) is 64.4 Å². The second kappa shape index (κ2) is 5.80. The van der Waals surface area contributed by atoms with E-state index in [0.717, 1.165) is 21.6 Å². The number of carbonyl (C=O) groups is 1. The molecule has 0 bridgehead atoms. The summed E-state index contributed by atoms with van der Waals surface area (Å²) in [6.07, 6.45) is 0. The molecule has 2 N–H and O–H groups in total. The van der Waals surface area contributed by atoms with E-state index in [1.54, 1.807) is 6.07 Å². The van der Waals surface area contributed by atoms with Crippen LogP contribution >= 0.6 is 23.5 Å². The van der Waals surface area contributed by atoms with Gasteiger partial charge in [0.15, 0.2) is 0 Å². The number of anilines is 1. The maximum absolute atomic E-state index is 11.8. The fraction of sp³-hybridized carbons (Fsp3) is 0. The zero-order chi connectivity index (χ0) is 12.1. The van der Waals surface area contributed by atoms with Gasteiger partial charge in [-0.3, -0.25) is 4.79 Å². The molecule has 0 saturated heterocycles. The molecule has 0 unspecified atom stereocenters. The summed E-state index contributed by atoms with van der Waals surface area (Å²) in [5.41, 5.74) is 6.42. The van der Waals surface area contributed by atoms with Crippen LogP contribution in [0.25, 0.3) is 0 Å². The highest BCUT2D eigenvalue weighted by Crippen LogP contribution is 2.33. The van der Waals surface area contributed by atoms with Gasteiger partial charge in [0.1, 0.15) is 0 Å². The van der Waals surface area contributed by atoms with Gasteiger partial charge in [-0.05, 0) is 47.8 Å². The third-order valence-corrected chi connectivity index (χ3v) is 3.99. The molecule has 2 rings (SSSR count). The minimum atomic E-state index is 0.0223. The van der Waals surface area contributed by atoms with Gasteiger partial charge in [-0.15, -0.1) is 0 Å². The van der Waals surface area contributed by atoms with Gasteiger partial charge in [-0.25, -0.2) is 0 Å². The van der Waals surface area contributed by atoms with Gasteiger partial charge in [0, 0.05) is 15.5 Å². The van der Waals surface area contributed by atoms with Crippen molar-refractivity contribution in [1.29, 1.82) is 0 Å². The fourth-order valence-corrected chi connectivity index (χ4v) is 2.99. The second-order valence-electron chi connectivity index (χ2n) is 3.31. The zero-order valence-electron chi connectivity index (χ0n) is 9.00. The van der Waals surface area contributed by atoms with E-state index < -0.39 is 0 Å². The Labute approximate surface area is 109 Å². The van der Waals surface area contributed by atoms with Gasteiger partial charge in [0.05, 0.1) is 0 Å². The Bertz CT molecular complexity index is 514. The molecule has 4 heteroatoms. The number of para-hydroxylation sites is 1. The van der Waals surface area contributed by atoms with Crippen molar-refractivity contribution in [3.05, 3.63) is 54.6 Å². The van der Waals surface area contributed by atoms with Crippen LogP contribution in [0.2, 0.25) is 0 Å². The Hall–Kier alpha value is -1.39. The molecule has 2 nitrogen and oxygen atoms in total. The zero-order valence-corrected chi connectivity index (χ0v) is 10.6. The third-order valence-electron chi connectivity index (χ3n) is 2.06. The van der Waals surface area contributed by atoms with Crippen LogP contribution in [0, 0.1) is 0 Å². The number of thioether (sulfide) groups is 2. The van der Waals surface area contributed by atoms with Crippen LogP contribution in [-0.2, 0) is 0 Å². The summed E-state index contributed by atoms with van der Waals surface area (Å²) in [5, 5.41) is 0. The first kappa shape index (κ1) is 12.1. The van der Waals surface area contributed by atoms with Crippen LogP contribution < -0.4 is 5.73 Å². The molecule has 0 spiro atoms. The lowest BCUT2D eigenvalue weighted by Gasteiger charge is -2.03. The van der Waals surface area contributed by atoms with E-state index in [-0.39, 0.29) is 4.45 Å². The summed E-state index contributed by atoms with van der Waals surface area (Å²) >= 11 is 2.38. The molecule has 0 aliphatic rings. The molecule has 0 heterocycles. The number of rotatable bonds is 2. The van der Waals surface area contributed by atoms with Crippen LogP contribution in [0.5, 0.6) is 0 Å². The van der Waals surface area contributed by atoms with Gasteiger partial charge in [-0.1, -0.05) is 30.3 Å². The van der Waals surface area contributed by atoms with Crippen LogP contribution in [0.1, 0.15) is 0 Å². The first-order valence-electron chi connectivity index (χ1n) is 5.05. The van der Waals surface area contributed by atoms with Crippen LogP contribution in [-0.4, -0.2) is 4.45 Å². The lowest BCUT2D eigenvalue weighted by molar-refractivity contribution is 0.276. The quantitative estimate of drug-likeness (QED) is 0.647. The molecule has 0 saturated carbocycles. The van der Waals surface area contributed by atoms with Crippen molar-refractivity contribution in [2.75, 3.05) is 5.73 Å². The van der Waals surface area contributed by atoms with E-state index in [1.807, 2.05) is 48.5 Å². The standard InChI is InChI=1S/C13H11NOS2/c14-11-8-4-5-9-12(11)17-13(15)16-10-6-2-1-3-7-10/h1-9H,14H2. The first-order valence-corrected chi connectivity index (χ1v) is 6.68. The second-order valence-corrected chi connectivity index (χ2v) is 5.62. The van der Waals surface area contributed by atoms with Crippen molar-refractivity contribution in [3.63, 3.8) is 0 Å². The molecule has 0 aliphatic heterocycles. The summed E-state index contributed by atoms with van der Waals surface area (Å²) in [6.45, 7) is 0. The Morgan fingerprint density at radius 1 is 0.882 bits per heavy atom. The Balaban J connectivity index is 2.01. The molecule has 0 aliphatic carbocycles. The predicted molar refractivity (Wildman–Crippen MR) is 74.4 cm³/mol. The average Bonchev–Trinajstić information content (AvgIpc) is 2.33. The smallest absolute Gasteiger partial charge is 0.255 e. The van der Waals surface area contributed by atoms with Crippen molar-refractivity contribution in [2.45, 2.75) is 9.79 Å². The van der Waals surface area contributed by atoms with Gasteiger partial charge in [-0.2, -0.15) is 0 Å². The van der Waals surface area contributed by atoms with E-state index in [9.17, 15) is 4.79 Å². The largest absolute Gasteiger partial charge is 0.398 e. The third kappa shape index (κ3) is 3.54. The molecule has 0 aromatic heterocycles. The molecule has 86 valence electrons. The van der Waals surface area contributed by atoms with Crippen molar-refractivity contribution in [2.24, 2.45) is 0 Å². The number of benzene rings is 2. The Morgan fingerprint density at radius 3 is 2.24 bits per heavy atom. The highest BCUT2D eigenvalue weighted by molar-refractivity contribution is 8.38. The summed E-state index contributed by atoms with van der Waals surface area (Å²) < 4.78 is 0.0223. The van der Waals surface area contributed by atoms with Crippen molar-refractivity contribution >= 4 is 33.7 Å². The fourth-order valence-electron chi connectivity index (χ4n) is 1.27. The predicted octanol–water partition coefficient (Wildman–Crippen LogP) is 4.27. The maximum Gasteiger partial charge on any atom is 0.255 e. The molecule has 0 radical (unpaired) electrons. The SMILES string of the molecule is Nc1ccccc1SC(=O)Sc1ccccc1. The maximum atomic E-state index is 11.8. The van der Waals surface area contributed by atoms with E-state index in [4.69, 9.17) is 5.73 Å². The molecule has 2 aromatic rings. The number of carbonyl (C=O) groups excluding carboxylic acids is 1. The molecule has 0 amide bonds. The average molecular weight is 261 g/mol. The minimum absolute atomic E-state index is 0.0223.